The van der Waals surface area contributed by atoms with Crippen LogP contribution in [-0.2, 0) is 11.4 Å². The van der Waals surface area contributed by atoms with Gasteiger partial charge in [-0.15, -0.1) is 17.3 Å². The molecule has 0 aliphatic carbocycles. The molecule has 0 bridgehead atoms. The number of carbonyl (C=O) groups is 1. The molecule has 0 spiro atoms. The molecule has 4 aromatic rings. The lowest BCUT2D eigenvalue weighted by Gasteiger charge is -2.10. The first-order valence-corrected chi connectivity index (χ1v) is 11.6. The minimum absolute atomic E-state index is 0.0616. The zero-order chi connectivity index (χ0) is 23.4. The number of aliphatic carboxylic acids is 1. The van der Waals surface area contributed by atoms with Crippen molar-refractivity contribution in [2.75, 3.05) is 0 Å². The van der Waals surface area contributed by atoms with E-state index in [0.717, 1.165) is 33.2 Å². The Kier molecular flexibility index (Phi) is 6.93. The fourth-order valence-electron chi connectivity index (χ4n) is 3.60. The zero-order valence-electron chi connectivity index (χ0n) is 18.1. The molecular weight excluding hydrogens is 456 g/mol. The molecule has 3 aromatic heterocycles. The van der Waals surface area contributed by atoms with Gasteiger partial charge in [-0.1, -0.05) is 29.7 Å². The van der Waals surface area contributed by atoms with Gasteiger partial charge in [0.2, 0.25) is 5.88 Å². The van der Waals surface area contributed by atoms with Gasteiger partial charge in [0.15, 0.2) is 0 Å². The third kappa shape index (κ3) is 5.33. The molecule has 1 atom stereocenters. The highest BCUT2D eigenvalue weighted by Crippen LogP contribution is 2.37. The Balaban J connectivity index is 1.52. The number of nitrogens with zero attached hydrogens (tertiary/aromatic N) is 2. The fraction of sp³-hybridized carbons (Fsp3) is 0.192. The summed E-state index contributed by atoms with van der Waals surface area (Å²) < 4.78 is 7.08. The van der Waals surface area contributed by atoms with E-state index in [1.165, 1.54) is 4.70 Å². The van der Waals surface area contributed by atoms with Crippen LogP contribution in [0, 0.1) is 18.8 Å². The number of rotatable bonds is 7. The molecular formula is C26H21ClN2O3S. The Morgan fingerprint density at radius 3 is 2.76 bits per heavy atom. The molecule has 0 amide bonds. The van der Waals surface area contributed by atoms with Crippen molar-refractivity contribution < 1.29 is 14.6 Å². The molecule has 1 unspecified atom stereocenters. The first kappa shape index (κ1) is 22.8. The lowest BCUT2D eigenvalue weighted by atomic mass is 9.98. The van der Waals surface area contributed by atoms with Crippen molar-refractivity contribution in [1.29, 1.82) is 0 Å². The van der Waals surface area contributed by atoms with Crippen LogP contribution in [0.1, 0.15) is 36.0 Å². The highest BCUT2D eigenvalue weighted by Gasteiger charge is 2.14. The number of carboxylic acid groups (broad SMARTS) is 1. The minimum Gasteiger partial charge on any atom is -0.481 e. The van der Waals surface area contributed by atoms with Crippen LogP contribution in [0.5, 0.6) is 5.88 Å². The maximum absolute atomic E-state index is 11.1. The standard InChI is InChI=1S/C26H21ClN2O3S/c1-3-4-18(10-26(30)31)19-6-8-25(29-13-19)32-14-17-5-7-23-21(9-17)22(15-33-23)20-11-24(27)28-12-16(20)2/h5-9,11-13,15,18H,10,14H2,1-2H3,(H,30,31). The highest BCUT2D eigenvalue weighted by atomic mass is 35.5. The van der Waals surface area contributed by atoms with Gasteiger partial charge in [0, 0.05) is 34.1 Å². The van der Waals surface area contributed by atoms with Crippen molar-refractivity contribution in [3.8, 4) is 28.8 Å². The summed E-state index contributed by atoms with van der Waals surface area (Å²) in [4.78, 5) is 19.6. The van der Waals surface area contributed by atoms with Crippen molar-refractivity contribution >= 4 is 39.0 Å². The predicted molar refractivity (Wildman–Crippen MR) is 132 cm³/mol. The van der Waals surface area contributed by atoms with Crippen LogP contribution in [-0.4, -0.2) is 21.0 Å². The molecule has 0 saturated heterocycles. The van der Waals surface area contributed by atoms with E-state index >= 15 is 0 Å². The molecule has 0 aliphatic rings. The minimum atomic E-state index is -0.893. The molecule has 7 heteroatoms. The molecule has 0 aliphatic heterocycles. The largest absolute Gasteiger partial charge is 0.481 e. The van der Waals surface area contributed by atoms with Crippen LogP contribution >= 0.6 is 22.9 Å². The number of aromatic nitrogens is 2. The third-order valence-electron chi connectivity index (χ3n) is 5.24. The Hall–Kier alpha value is -3.40. The molecule has 1 N–H and O–H groups in total. The monoisotopic (exact) mass is 476 g/mol. The Bertz CT molecular complexity index is 1370. The Morgan fingerprint density at radius 1 is 1.18 bits per heavy atom. The Labute approximate surface area is 201 Å². The maximum Gasteiger partial charge on any atom is 0.304 e. The van der Waals surface area contributed by atoms with Gasteiger partial charge in [-0.05, 0) is 59.7 Å². The number of aryl methyl sites for hydroxylation is 1. The van der Waals surface area contributed by atoms with Gasteiger partial charge in [0.25, 0.3) is 0 Å². The van der Waals surface area contributed by atoms with Crippen LogP contribution < -0.4 is 4.74 Å². The van der Waals surface area contributed by atoms with E-state index in [9.17, 15) is 4.79 Å². The molecule has 4 rings (SSSR count). The smallest absolute Gasteiger partial charge is 0.304 e. The number of hydrogen-bond donors (Lipinski definition) is 1. The van der Waals surface area contributed by atoms with Crippen LogP contribution in [0.15, 0.2) is 54.2 Å². The van der Waals surface area contributed by atoms with Gasteiger partial charge in [-0.3, -0.25) is 4.79 Å². The summed E-state index contributed by atoms with van der Waals surface area (Å²) >= 11 is 7.82. The SMILES string of the molecule is CC#CC(CC(=O)O)c1ccc(OCc2ccc3scc(-c4cc(Cl)ncc4C)c3c2)nc1. The van der Waals surface area contributed by atoms with Crippen LogP contribution in [0.25, 0.3) is 21.2 Å². The first-order chi connectivity index (χ1) is 15.9. The fourth-order valence-corrected chi connectivity index (χ4v) is 4.70. The second-order valence-electron chi connectivity index (χ2n) is 7.57. The van der Waals surface area contributed by atoms with E-state index in [1.54, 1.807) is 36.7 Å². The molecule has 3 heterocycles. The number of thiophene rings is 1. The van der Waals surface area contributed by atoms with E-state index in [2.05, 4.69) is 39.3 Å². The second kappa shape index (κ2) is 10.0. The molecule has 166 valence electrons. The average Bonchev–Trinajstić information content (AvgIpc) is 3.22. The van der Waals surface area contributed by atoms with E-state index in [0.29, 0.717) is 17.6 Å². The van der Waals surface area contributed by atoms with Crippen molar-refractivity contribution in [3.05, 3.63) is 76.0 Å². The van der Waals surface area contributed by atoms with Crippen molar-refractivity contribution in [2.24, 2.45) is 0 Å². The summed E-state index contributed by atoms with van der Waals surface area (Å²) in [6.45, 7) is 4.08. The van der Waals surface area contributed by atoms with Gasteiger partial charge in [-0.25, -0.2) is 9.97 Å². The van der Waals surface area contributed by atoms with Gasteiger partial charge in [-0.2, -0.15) is 0 Å². The van der Waals surface area contributed by atoms with E-state index in [1.807, 2.05) is 25.1 Å². The molecule has 0 radical (unpaired) electrons. The van der Waals surface area contributed by atoms with E-state index in [4.69, 9.17) is 21.4 Å². The predicted octanol–water partition coefficient (Wildman–Crippen LogP) is 6.48. The summed E-state index contributed by atoms with van der Waals surface area (Å²) in [6.07, 6.45) is 3.36. The molecule has 33 heavy (non-hydrogen) atoms. The van der Waals surface area contributed by atoms with E-state index in [-0.39, 0.29) is 6.42 Å². The van der Waals surface area contributed by atoms with Crippen LogP contribution in [0.4, 0.5) is 0 Å². The lowest BCUT2D eigenvalue weighted by Crippen LogP contribution is -2.05. The van der Waals surface area contributed by atoms with Crippen molar-refractivity contribution in [3.63, 3.8) is 0 Å². The summed E-state index contributed by atoms with van der Waals surface area (Å²) in [5.74, 6) is 4.90. The summed E-state index contributed by atoms with van der Waals surface area (Å²) in [5, 5.41) is 12.9. The van der Waals surface area contributed by atoms with Crippen LogP contribution in [0.3, 0.4) is 0 Å². The van der Waals surface area contributed by atoms with Gasteiger partial charge in [0.1, 0.15) is 11.8 Å². The topological polar surface area (TPSA) is 72.3 Å². The lowest BCUT2D eigenvalue weighted by molar-refractivity contribution is -0.137. The van der Waals surface area contributed by atoms with Crippen molar-refractivity contribution in [1.82, 2.24) is 9.97 Å². The average molecular weight is 477 g/mol. The number of ether oxygens (including phenoxy) is 1. The Morgan fingerprint density at radius 2 is 2.03 bits per heavy atom. The number of hydrogen-bond acceptors (Lipinski definition) is 5. The summed E-state index contributed by atoms with van der Waals surface area (Å²) in [7, 11) is 0. The maximum atomic E-state index is 11.1. The zero-order valence-corrected chi connectivity index (χ0v) is 19.7. The quantitative estimate of drug-likeness (QED) is 0.244. The number of carboxylic acids is 1. The molecule has 5 nitrogen and oxygen atoms in total. The van der Waals surface area contributed by atoms with Gasteiger partial charge < -0.3 is 9.84 Å². The van der Waals surface area contributed by atoms with Crippen molar-refractivity contribution in [2.45, 2.75) is 32.8 Å². The number of benzene rings is 1. The molecule has 0 saturated carbocycles. The molecule has 0 fully saturated rings. The first-order valence-electron chi connectivity index (χ1n) is 10.3. The van der Waals surface area contributed by atoms with Gasteiger partial charge in [0.05, 0.1) is 12.3 Å². The number of fused-ring (bicyclic) bond motifs is 1. The normalized spacial score (nSPS) is 11.6. The van der Waals surface area contributed by atoms with E-state index < -0.39 is 11.9 Å². The van der Waals surface area contributed by atoms with Crippen LogP contribution in [0.2, 0.25) is 5.15 Å². The second-order valence-corrected chi connectivity index (χ2v) is 8.86. The number of halogens is 1. The molecule has 1 aromatic carbocycles. The highest BCUT2D eigenvalue weighted by molar-refractivity contribution is 7.17. The third-order valence-corrected chi connectivity index (χ3v) is 6.41. The summed E-state index contributed by atoms with van der Waals surface area (Å²) in [5.41, 5.74) is 5.05. The summed E-state index contributed by atoms with van der Waals surface area (Å²) in [6, 6.07) is 11.7. The number of pyridine rings is 2. The van der Waals surface area contributed by atoms with Gasteiger partial charge >= 0.3 is 5.97 Å².